The van der Waals surface area contributed by atoms with Crippen LogP contribution in [0.3, 0.4) is 0 Å². The summed E-state index contributed by atoms with van der Waals surface area (Å²) in [6.07, 6.45) is 6.65. The van der Waals surface area contributed by atoms with Crippen LogP contribution in [0, 0.1) is 12.8 Å². The van der Waals surface area contributed by atoms with Gasteiger partial charge in [0.1, 0.15) is 0 Å². The van der Waals surface area contributed by atoms with E-state index in [0.29, 0.717) is 11.6 Å². The van der Waals surface area contributed by atoms with Gasteiger partial charge in [-0.2, -0.15) is 0 Å². The molecule has 2 N–H and O–H groups in total. The Morgan fingerprint density at radius 1 is 1.35 bits per heavy atom. The molecule has 0 bridgehead atoms. The van der Waals surface area contributed by atoms with Gasteiger partial charge in [-0.3, -0.25) is 4.79 Å². The van der Waals surface area contributed by atoms with Gasteiger partial charge in [0.2, 0.25) is 5.91 Å². The standard InChI is InChI=1S/C16H23ClN2O/c1-12-6-7-14(17)10-15(12)19-16(20)11-18-9-8-13-4-2-3-5-13/h6-7,10,13,18H,2-5,8-9,11H2,1H3,(H,19,20). The van der Waals surface area contributed by atoms with Crippen LogP contribution in [0.5, 0.6) is 0 Å². The van der Waals surface area contributed by atoms with Gasteiger partial charge in [0.05, 0.1) is 6.54 Å². The second-order valence-electron chi connectivity index (χ2n) is 5.62. The molecular weight excluding hydrogens is 272 g/mol. The molecule has 0 spiro atoms. The molecule has 1 aliphatic carbocycles. The summed E-state index contributed by atoms with van der Waals surface area (Å²) in [5, 5.41) is 6.75. The molecule has 0 saturated heterocycles. The number of anilines is 1. The molecule has 1 aromatic carbocycles. The number of rotatable bonds is 6. The normalized spacial score (nSPS) is 15.5. The molecule has 1 aromatic rings. The predicted molar refractivity (Wildman–Crippen MR) is 84.3 cm³/mol. The van der Waals surface area contributed by atoms with E-state index in [4.69, 9.17) is 11.6 Å². The Labute approximate surface area is 126 Å². The fraction of sp³-hybridized carbons (Fsp3) is 0.562. The van der Waals surface area contributed by atoms with Gasteiger partial charge >= 0.3 is 0 Å². The van der Waals surface area contributed by atoms with Gasteiger partial charge in [-0.1, -0.05) is 43.4 Å². The van der Waals surface area contributed by atoms with Crippen LogP contribution in [0.4, 0.5) is 5.69 Å². The van der Waals surface area contributed by atoms with E-state index in [1.54, 1.807) is 6.07 Å². The van der Waals surface area contributed by atoms with Gasteiger partial charge in [0.25, 0.3) is 0 Å². The number of benzene rings is 1. The number of hydrogen-bond donors (Lipinski definition) is 2. The summed E-state index contributed by atoms with van der Waals surface area (Å²) >= 11 is 5.93. The van der Waals surface area contributed by atoms with Crippen LogP contribution in [0.1, 0.15) is 37.7 Å². The van der Waals surface area contributed by atoms with Gasteiger partial charge < -0.3 is 10.6 Å². The Balaban J connectivity index is 1.68. The Bertz CT molecular complexity index is 456. The fourth-order valence-corrected chi connectivity index (χ4v) is 2.90. The second kappa shape index (κ2) is 7.65. The summed E-state index contributed by atoms with van der Waals surface area (Å²) < 4.78 is 0. The molecule has 0 radical (unpaired) electrons. The first kappa shape index (κ1) is 15.3. The average molecular weight is 295 g/mol. The number of nitrogens with one attached hydrogen (secondary N) is 2. The summed E-state index contributed by atoms with van der Waals surface area (Å²) in [7, 11) is 0. The minimum absolute atomic E-state index is 0.0122. The summed E-state index contributed by atoms with van der Waals surface area (Å²) in [4.78, 5) is 11.9. The lowest BCUT2D eigenvalue weighted by Gasteiger charge is -2.11. The number of hydrogen-bond acceptors (Lipinski definition) is 2. The number of halogens is 1. The highest BCUT2D eigenvalue weighted by Gasteiger charge is 2.14. The number of carbonyl (C=O) groups excluding carboxylic acids is 1. The van der Waals surface area contributed by atoms with Gasteiger partial charge in [0, 0.05) is 10.7 Å². The maximum absolute atomic E-state index is 11.9. The van der Waals surface area contributed by atoms with Crippen molar-refractivity contribution in [2.75, 3.05) is 18.4 Å². The molecule has 20 heavy (non-hydrogen) atoms. The first-order chi connectivity index (χ1) is 9.65. The van der Waals surface area contributed by atoms with Gasteiger partial charge in [0.15, 0.2) is 0 Å². The van der Waals surface area contributed by atoms with Crippen LogP contribution in [-0.4, -0.2) is 19.0 Å². The van der Waals surface area contributed by atoms with Crippen LogP contribution in [-0.2, 0) is 4.79 Å². The van der Waals surface area contributed by atoms with Gasteiger partial charge in [-0.25, -0.2) is 0 Å². The minimum Gasteiger partial charge on any atom is -0.325 e. The van der Waals surface area contributed by atoms with Crippen LogP contribution in [0.25, 0.3) is 0 Å². The van der Waals surface area contributed by atoms with E-state index in [1.807, 2.05) is 19.1 Å². The quantitative estimate of drug-likeness (QED) is 0.785. The molecule has 0 atom stereocenters. The van der Waals surface area contributed by atoms with E-state index >= 15 is 0 Å². The highest BCUT2D eigenvalue weighted by Crippen LogP contribution is 2.26. The molecule has 3 nitrogen and oxygen atoms in total. The first-order valence-electron chi connectivity index (χ1n) is 7.42. The van der Waals surface area contributed by atoms with E-state index in [2.05, 4.69) is 10.6 Å². The van der Waals surface area contributed by atoms with Crippen molar-refractivity contribution < 1.29 is 4.79 Å². The highest BCUT2D eigenvalue weighted by molar-refractivity contribution is 6.31. The zero-order valence-electron chi connectivity index (χ0n) is 12.0. The molecule has 0 aromatic heterocycles. The van der Waals surface area contributed by atoms with E-state index < -0.39 is 0 Å². The Kier molecular flexibility index (Phi) is 5.86. The Morgan fingerprint density at radius 2 is 2.10 bits per heavy atom. The van der Waals surface area contributed by atoms with Crippen LogP contribution >= 0.6 is 11.6 Å². The van der Waals surface area contributed by atoms with E-state index in [1.165, 1.54) is 32.1 Å². The fourth-order valence-electron chi connectivity index (χ4n) is 2.73. The Morgan fingerprint density at radius 3 is 2.85 bits per heavy atom. The van der Waals surface area contributed by atoms with Crippen LogP contribution in [0.15, 0.2) is 18.2 Å². The summed E-state index contributed by atoms with van der Waals surface area (Å²) in [5.74, 6) is 0.850. The molecule has 1 amide bonds. The SMILES string of the molecule is Cc1ccc(Cl)cc1NC(=O)CNCCC1CCCC1. The zero-order chi connectivity index (χ0) is 14.4. The Hall–Kier alpha value is -1.06. The third-order valence-corrected chi connectivity index (χ3v) is 4.20. The molecule has 1 saturated carbocycles. The van der Waals surface area contributed by atoms with Gasteiger partial charge in [-0.05, 0) is 43.5 Å². The van der Waals surface area contributed by atoms with Gasteiger partial charge in [-0.15, -0.1) is 0 Å². The van der Waals surface area contributed by atoms with E-state index in [9.17, 15) is 4.79 Å². The molecule has 110 valence electrons. The summed E-state index contributed by atoms with van der Waals surface area (Å²) in [5.41, 5.74) is 1.81. The van der Waals surface area contributed by atoms with Crippen LogP contribution < -0.4 is 10.6 Å². The molecule has 4 heteroatoms. The van der Waals surface area contributed by atoms with Crippen molar-refractivity contribution in [3.63, 3.8) is 0 Å². The van der Waals surface area contributed by atoms with Crippen LogP contribution in [0.2, 0.25) is 5.02 Å². The lowest BCUT2D eigenvalue weighted by atomic mass is 10.0. The topological polar surface area (TPSA) is 41.1 Å². The highest BCUT2D eigenvalue weighted by atomic mass is 35.5. The molecule has 1 fully saturated rings. The van der Waals surface area contributed by atoms with Crippen molar-refractivity contribution in [3.8, 4) is 0 Å². The second-order valence-corrected chi connectivity index (χ2v) is 6.06. The molecule has 0 unspecified atom stereocenters. The largest absolute Gasteiger partial charge is 0.325 e. The molecule has 0 aliphatic heterocycles. The third-order valence-electron chi connectivity index (χ3n) is 3.96. The summed E-state index contributed by atoms with van der Waals surface area (Å²) in [6.45, 7) is 3.24. The minimum atomic E-state index is -0.0122. The molecule has 1 aliphatic rings. The monoisotopic (exact) mass is 294 g/mol. The lowest BCUT2D eigenvalue weighted by Crippen LogP contribution is -2.29. The molecular formula is C16H23ClN2O. The van der Waals surface area contributed by atoms with Crippen molar-refractivity contribution >= 4 is 23.2 Å². The van der Waals surface area contributed by atoms with Crippen molar-refractivity contribution in [3.05, 3.63) is 28.8 Å². The van der Waals surface area contributed by atoms with E-state index in [-0.39, 0.29) is 5.91 Å². The van der Waals surface area contributed by atoms with Crippen molar-refractivity contribution in [2.45, 2.75) is 39.0 Å². The lowest BCUT2D eigenvalue weighted by molar-refractivity contribution is -0.115. The molecule has 0 heterocycles. The number of aryl methyl sites for hydroxylation is 1. The number of carbonyl (C=O) groups is 1. The predicted octanol–water partition coefficient (Wildman–Crippen LogP) is 3.76. The maximum Gasteiger partial charge on any atom is 0.238 e. The van der Waals surface area contributed by atoms with E-state index in [0.717, 1.165) is 23.7 Å². The number of amides is 1. The third kappa shape index (κ3) is 4.80. The summed E-state index contributed by atoms with van der Waals surface area (Å²) in [6, 6.07) is 5.52. The van der Waals surface area contributed by atoms with Crippen molar-refractivity contribution in [2.24, 2.45) is 5.92 Å². The average Bonchev–Trinajstić information content (AvgIpc) is 2.92. The van der Waals surface area contributed by atoms with Crippen molar-refractivity contribution in [1.29, 1.82) is 0 Å². The smallest absolute Gasteiger partial charge is 0.238 e. The van der Waals surface area contributed by atoms with Crippen molar-refractivity contribution in [1.82, 2.24) is 5.32 Å². The first-order valence-corrected chi connectivity index (χ1v) is 7.79. The zero-order valence-corrected chi connectivity index (χ0v) is 12.8. The maximum atomic E-state index is 11.9. The molecule has 2 rings (SSSR count).